The Bertz CT molecular complexity index is 1210. The average Bonchev–Trinajstić information content (AvgIpc) is 2.85. The van der Waals surface area contributed by atoms with Gasteiger partial charge in [-0.05, 0) is 35.4 Å². The molecule has 2 fully saturated rings. The Morgan fingerprint density at radius 1 is 1.09 bits per heavy atom. The van der Waals surface area contributed by atoms with Gasteiger partial charge in [-0.15, -0.1) is 0 Å². The lowest BCUT2D eigenvalue weighted by atomic mass is 9.97. The van der Waals surface area contributed by atoms with Crippen molar-refractivity contribution in [3.63, 3.8) is 0 Å². The van der Waals surface area contributed by atoms with Crippen LogP contribution in [0, 0.1) is 5.82 Å². The second-order valence-corrected chi connectivity index (χ2v) is 9.51. The number of hydrogen-bond donors (Lipinski definition) is 0. The Kier molecular flexibility index (Phi) is 6.58. The van der Waals surface area contributed by atoms with Gasteiger partial charge in [0.05, 0.1) is 34.4 Å². The second-order valence-electron chi connectivity index (χ2n) is 8.73. The molecule has 2 aromatic carbocycles. The van der Waals surface area contributed by atoms with E-state index in [0.717, 1.165) is 16.7 Å². The summed E-state index contributed by atoms with van der Waals surface area (Å²) in [6.45, 7) is 2.93. The Morgan fingerprint density at radius 2 is 1.94 bits per heavy atom. The monoisotopic (exact) mass is 500 g/mol. The normalized spacial score (nSPS) is 23.0. The molecule has 8 heteroatoms. The molecule has 34 heavy (non-hydrogen) atoms. The van der Waals surface area contributed by atoms with Crippen molar-refractivity contribution in [2.45, 2.75) is 18.6 Å². The van der Waals surface area contributed by atoms with Crippen molar-refractivity contribution in [2.75, 3.05) is 32.8 Å². The summed E-state index contributed by atoms with van der Waals surface area (Å²) in [5.74, 6) is -0.516. The molecule has 1 amide bonds. The maximum atomic E-state index is 13.5. The topological polar surface area (TPSA) is 49.9 Å². The van der Waals surface area contributed by atoms with Crippen molar-refractivity contribution in [3.8, 4) is 0 Å². The average molecular weight is 501 g/mol. The number of piperazine rings is 1. The van der Waals surface area contributed by atoms with E-state index in [-0.39, 0.29) is 28.9 Å². The van der Waals surface area contributed by atoms with Crippen LogP contribution in [0.15, 0.2) is 54.6 Å². The molecule has 0 spiro atoms. The van der Waals surface area contributed by atoms with E-state index in [1.807, 2.05) is 23.1 Å². The van der Waals surface area contributed by atoms with Gasteiger partial charge in [-0.1, -0.05) is 53.6 Å². The minimum atomic E-state index is -0.446. The van der Waals surface area contributed by atoms with E-state index in [1.54, 1.807) is 24.3 Å². The second kappa shape index (κ2) is 9.62. The van der Waals surface area contributed by atoms with Crippen LogP contribution in [0.4, 0.5) is 4.39 Å². The highest BCUT2D eigenvalue weighted by Gasteiger charge is 2.36. The predicted molar refractivity (Wildman–Crippen MR) is 130 cm³/mol. The summed E-state index contributed by atoms with van der Waals surface area (Å²) in [6, 6.07) is 10.2. The number of morpholine rings is 1. The molecule has 2 saturated heterocycles. The van der Waals surface area contributed by atoms with Crippen LogP contribution in [-0.4, -0.2) is 60.3 Å². The van der Waals surface area contributed by atoms with E-state index in [1.165, 1.54) is 12.1 Å². The van der Waals surface area contributed by atoms with Crippen LogP contribution < -0.4 is 0 Å². The van der Waals surface area contributed by atoms with Gasteiger partial charge >= 0.3 is 0 Å². The highest BCUT2D eigenvalue weighted by Crippen LogP contribution is 2.33. The van der Waals surface area contributed by atoms with E-state index in [9.17, 15) is 14.0 Å². The molecule has 3 aliphatic rings. The molecule has 2 aromatic rings. The van der Waals surface area contributed by atoms with Gasteiger partial charge in [0, 0.05) is 38.2 Å². The molecule has 0 radical (unpaired) electrons. The molecule has 0 unspecified atom stereocenters. The third-order valence-corrected chi connectivity index (χ3v) is 7.31. The maximum Gasteiger partial charge on any atom is 0.255 e. The number of fused-ring (bicyclic) bond motifs is 1. The van der Waals surface area contributed by atoms with Crippen molar-refractivity contribution in [1.29, 1.82) is 0 Å². The van der Waals surface area contributed by atoms with Gasteiger partial charge in [-0.25, -0.2) is 4.39 Å². The van der Waals surface area contributed by atoms with Crippen LogP contribution in [0.3, 0.4) is 0 Å². The van der Waals surface area contributed by atoms with Crippen LogP contribution in [0.25, 0.3) is 5.57 Å². The Morgan fingerprint density at radius 3 is 2.71 bits per heavy atom. The number of rotatable bonds is 3. The fourth-order valence-electron chi connectivity index (χ4n) is 4.70. The standard InChI is InChI=1S/C26H23Cl2FN2O3/c27-22-12-17(6-9-23(22)29)24-14-30-10-11-31(13-18(30)15-34-24)26(33)21-3-1-2-20(25(21)28)16-4-7-19(32)8-5-16/h1-7,9,12,18,24H,8,10-11,13-15H2/t18-,24-/m0/s1. The quantitative estimate of drug-likeness (QED) is 0.598. The van der Waals surface area contributed by atoms with Crippen LogP contribution in [0.5, 0.6) is 0 Å². The molecule has 0 aromatic heterocycles. The molecule has 0 saturated carbocycles. The smallest absolute Gasteiger partial charge is 0.255 e. The lowest BCUT2D eigenvalue weighted by Gasteiger charge is -2.46. The van der Waals surface area contributed by atoms with Gasteiger partial charge < -0.3 is 9.64 Å². The van der Waals surface area contributed by atoms with Gasteiger partial charge in [-0.3, -0.25) is 14.5 Å². The lowest BCUT2D eigenvalue weighted by molar-refractivity contribution is -0.113. The van der Waals surface area contributed by atoms with Crippen molar-refractivity contribution in [3.05, 3.63) is 87.2 Å². The summed E-state index contributed by atoms with van der Waals surface area (Å²) < 4.78 is 19.6. The molecule has 0 N–H and O–H groups in total. The van der Waals surface area contributed by atoms with Crippen molar-refractivity contribution >= 4 is 40.5 Å². The Labute approximate surface area is 207 Å². The summed E-state index contributed by atoms with van der Waals surface area (Å²) in [7, 11) is 0. The number of nitrogens with zero attached hydrogens (tertiary/aromatic N) is 2. The number of halogens is 3. The molecule has 2 atom stereocenters. The minimum absolute atomic E-state index is 0.0458. The van der Waals surface area contributed by atoms with Gasteiger partial charge in [0.2, 0.25) is 0 Å². The first-order valence-electron chi connectivity index (χ1n) is 11.2. The third kappa shape index (κ3) is 4.56. The number of carbonyl (C=O) groups excluding carboxylic acids is 2. The molecular formula is C26H23Cl2FN2O3. The van der Waals surface area contributed by atoms with Crippen LogP contribution in [-0.2, 0) is 9.53 Å². The number of hydrogen-bond acceptors (Lipinski definition) is 4. The van der Waals surface area contributed by atoms with E-state index in [0.29, 0.717) is 49.8 Å². The highest BCUT2D eigenvalue weighted by atomic mass is 35.5. The summed E-state index contributed by atoms with van der Waals surface area (Å²) in [5, 5.41) is 0.483. The zero-order valence-corrected chi connectivity index (χ0v) is 19.9. The first-order valence-corrected chi connectivity index (χ1v) is 12.0. The minimum Gasteiger partial charge on any atom is -0.370 e. The highest BCUT2D eigenvalue weighted by molar-refractivity contribution is 6.35. The van der Waals surface area contributed by atoms with Gasteiger partial charge in [-0.2, -0.15) is 0 Å². The summed E-state index contributed by atoms with van der Waals surface area (Å²) in [4.78, 5) is 29.0. The van der Waals surface area contributed by atoms with Gasteiger partial charge in [0.15, 0.2) is 5.78 Å². The maximum absolute atomic E-state index is 13.5. The van der Waals surface area contributed by atoms with Gasteiger partial charge in [0.25, 0.3) is 5.91 Å². The van der Waals surface area contributed by atoms with Crippen LogP contribution in [0.1, 0.15) is 34.0 Å². The lowest BCUT2D eigenvalue weighted by Crippen LogP contribution is -2.59. The van der Waals surface area contributed by atoms with E-state index in [2.05, 4.69) is 4.90 Å². The van der Waals surface area contributed by atoms with Crippen LogP contribution in [0.2, 0.25) is 10.0 Å². The van der Waals surface area contributed by atoms with Crippen molar-refractivity contribution < 1.29 is 18.7 Å². The van der Waals surface area contributed by atoms with E-state index < -0.39 is 5.82 Å². The molecule has 176 valence electrons. The van der Waals surface area contributed by atoms with E-state index in [4.69, 9.17) is 27.9 Å². The number of benzene rings is 2. The third-order valence-electron chi connectivity index (χ3n) is 6.61. The number of amides is 1. The number of ketones is 1. The SMILES string of the molecule is O=C1C=CC(c2cccc(C(=O)N3CCN4C[C@@H](c5ccc(F)c(Cl)c5)OC[C@@H]4C3)c2Cl)=CC1. The first-order chi connectivity index (χ1) is 16.4. The molecule has 5 rings (SSSR count). The number of ether oxygens (including phenoxy) is 1. The Balaban J connectivity index is 1.27. The molecule has 2 heterocycles. The summed E-state index contributed by atoms with van der Waals surface area (Å²) in [6.07, 6.45) is 5.25. The van der Waals surface area contributed by atoms with Crippen LogP contribution >= 0.6 is 23.2 Å². The fraction of sp³-hybridized carbons (Fsp3) is 0.308. The summed E-state index contributed by atoms with van der Waals surface area (Å²) in [5.41, 5.74) is 2.89. The van der Waals surface area contributed by atoms with E-state index >= 15 is 0 Å². The molecule has 1 aliphatic carbocycles. The zero-order chi connectivity index (χ0) is 23.8. The molecular weight excluding hydrogens is 478 g/mol. The first kappa shape index (κ1) is 23.2. The van der Waals surface area contributed by atoms with Crippen molar-refractivity contribution in [2.24, 2.45) is 0 Å². The zero-order valence-electron chi connectivity index (χ0n) is 18.3. The van der Waals surface area contributed by atoms with Crippen molar-refractivity contribution in [1.82, 2.24) is 9.80 Å². The molecule has 5 nitrogen and oxygen atoms in total. The predicted octanol–water partition coefficient (Wildman–Crippen LogP) is 4.94. The fourth-order valence-corrected chi connectivity index (χ4v) is 5.21. The number of allylic oxidation sites excluding steroid dienone is 4. The molecule has 0 bridgehead atoms. The Hall–Kier alpha value is -2.51. The number of carbonyl (C=O) groups is 2. The van der Waals surface area contributed by atoms with Gasteiger partial charge in [0.1, 0.15) is 5.82 Å². The largest absolute Gasteiger partial charge is 0.370 e. The molecule has 2 aliphatic heterocycles. The summed E-state index contributed by atoms with van der Waals surface area (Å²) >= 11 is 12.6.